The topological polar surface area (TPSA) is 9.23 Å². The highest BCUT2D eigenvalue weighted by Crippen LogP contribution is 2.44. The SMILES string of the molecule is CC(C)(O[SiH3])C1CCCC(c2c(F)c(F)c(F)c(F)c2F)C1. The lowest BCUT2D eigenvalue weighted by Gasteiger charge is -2.39. The Labute approximate surface area is 129 Å². The molecule has 1 aliphatic carbocycles. The van der Waals surface area contributed by atoms with Gasteiger partial charge in [-0.15, -0.1) is 0 Å². The van der Waals surface area contributed by atoms with Crippen LogP contribution in [-0.4, -0.2) is 16.1 Å². The molecule has 0 saturated heterocycles. The van der Waals surface area contributed by atoms with Gasteiger partial charge in [-0.3, -0.25) is 0 Å². The lowest BCUT2D eigenvalue weighted by atomic mass is 9.72. The van der Waals surface area contributed by atoms with Crippen LogP contribution in [0.1, 0.15) is 51.0 Å². The molecule has 1 fully saturated rings. The minimum Gasteiger partial charge on any atom is -0.423 e. The summed E-state index contributed by atoms with van der Waals surface area (Å²) in [5.41, 5.74) is -1.13. The van der Waals surface area contributed by atoms with Gasteiger partial charge in [-0.2, -0.15) is 0 Å². The standard InChI is InChI=1S/C15H19F5OSi/c1-15(2,21-22)8-5-3-4-7(6-8)9-10(16)12(18)14(20)13(19)11(9)17/h7-8H,3-6H2,1-2,22H3. The van der Waals surface area contributed by atoms with Crippen molar-refractivity contribution in [2.24, 2.45) is 5.92 Å². The van der Waals surface area contributed by atoms with Gasteiger partial charge in [0.05, 0.1) is 5.60 Å². The Morgan fingerprint density at radius 3 is 1.91 bits per heavy atom. The fourth-order valence-corrected chi connectivity index (χ4v) is 3.56. The number of hydrogen-bond acceptors (Lipinski definition) is 1. The maximum absolute atomic E-state index is 13.9. The largest absolute Gasteiger partial charge is 0.423 e. The molecule has 2 rings (SSSR count). The summed E-state index contributed by atoms with van der Waals surface area (Å²) < 4.78 is 73.3. The van der Waals surface area contributed by atoms with Gasteiger partial charge >= 0.3 is 0 Å². The predicted octanol–water partition coefficient (Wildman–Crippen LogP) is 3.73. The number of benzene rings is 1. The van der Waals surface area contributed by atoms with Gasteiger partial charge in [0, 0.05) is 5.56 Å². The molecule has 124 valence electrons. The smallest absolute Gasteiger partial charge is 0.200 e. The molecule has 1 aromatic rings. The normalized spacial score (nSPS) is 23.0. The average Bonchev–Trinajstić information content (AvgIpc) is 2.51. The molecule has 0 bridgehead atoms. The monoisotopic (exact) mass is 338 g/mol. The molecule has 0 aromatic heterocycles. The molecule has 7 heteroatoms. The summed E-state index contributed by atoms with van der Waals surface area (Å²) in [6, 6.07) is 0. The van der Waals surface area contributed by atoms with E-state index in [1.165, 1.54) is 0 Å². The van der Waals surface area contributed by atoms with Crippen molar-refractivity contribution in [3.05, 3.63) is 34.6 Å². The fourth-order valence-electron chi connectivity index (χ4n) is 3.23. The van der Waals surface area contributed by atoms with E-state index in [-0.39, 0.29) is 5.92 Å². The summed E-state index contributed by atoms with van der Waals surface area (Å²) in [5, 5.41) is 0. The third-order valence-corrected chi connectivity index (χ3v) is 5.89. The van der Waals surface area contributed by atoms with E-state index in [2.05, 4.69) is 0 Å². The minimum absolute atomic E-state index is 0.0266. The molecule has 1 nitrogen and oxygen atoms in total. The highest BCUT2D eigenvalue weighted by atomic mass is 28.2. The number of halogens is 5. The first-order chi connectivity index (χ1) is 10.2. The van der Waals surface area contributed by atoms with Gasteiger partial charge in [0.25, 0.3) is 0 Å². The zero-order chi connectivity index (χ0) is 16.7. The summed E-state index contributed by atoms with van der Waals surface area (Å²) in [6.45, 7) is 3.79. The minimum atomic E-state index is -2.10. The van der Waals surface area contributed by atoms with Crippen LogP contribution in [0.2, 0.25) is 0 Å². The Hall–Kier alpha value is -0.953. The molecule has 0 spiro atoms. The first-order valence-electron chi connectivity index (χ1n) is 7.27. The molecule has 1 saturated carbocycles. The van der Waals surface area contributed by atoms with Gasteiger partial charge in [-0.05, 0) is 44.9 Å². The van der Waals surface area contributed by atoms with Crippen LogP contribution in [-0.2, 0) is 4.43 Å². The van der Waals surface area contributed by atoms with Gasteiger partial charge in [-0.25, -0.2) is 22.0 Å². The molecule has 1 aromatic carbocycles. The summed E-state index contributed by atoms with van der Waals surface area (Å²) in [7, 11) is 0.519. The third kappa shape index (κ3) is 2.93. The van der Waals surface area contributed by atoms with E-state index in [4.69, 9.17) is 4.43 Å². The van der Waals surface area contributed by atoms with E-state index < -0.39 is 46.2 Å². The third-order valence-electron chi connectivity index (χ3n) is 4.84. The van der Waals surface area contributed by atoms with Crippen LogP contribution < -0.4 is 0 Å². The van der Waals surface area contributed by atoms with Crippen molar-refractivity contribution in [1.82, 2.24) is 0 Å². The molecular weight excluding hydrogens is 319 g/mol. The summed E-state index contributed by atoms with van der Waals surface area (Å²) in [4.78, 5) is 0. The van der Waals surface area contributed by atoms with Crippen molar-refractivity contribution in [2.45, 2.75) is 51.0 Å². The first kappa shape index (κ1) is 17.4. The maximum Gasteiger partial charge on any atom is 0.200 e. The lowest BCUT2D eigenvalue weighted by molar-refractivity contribution is 0.0278. The molecular formula is C15H19F5OSi. The molecule has 2 atom stereocenters. The van der Waals surface area contributed by atoms with Crippen LogP contribution in [0.15, 0.2) is 0 Å². The molecule has 0 aliphatic heterocycles. The van der Waals surface area contributed by atoms with Crippen molar-refractivity contribution in [1.29, 1.82) is 0 Å². The zero-order valence-corrected chi connectivity index (χ0v) is 14.8. The second kappa shape index (κ2) is 6.27. The lowest BCUT2D eigenvalue weighted by Crippen LogP contribution is -2.37. The van der Waals surface area contributed by atoms with Crippen LogP contribution in [0.3, 0.4) is 0 Å². The van der Waals surface area contributed by atoms with Crippen LogP contribution in [0, 0.1) is 35.0 Å². The summed E-state index contributed by atoms with van der Waals surface area (Å²) >= 11 is 0. The van der Waals surface area contributed by atoms with E-state index in [1.807, 2.05) is 13.8 Å². The van der Waals surface area contributed by atoms with E-state index in [0.717, 1.165) is 6.42 Å². The molecule has 0 N–H and O–H groups in total. The van der Waals surface area contributed by atoms with Gasteiger partial charge in [0.1, 0.15) is 10.5 Å². The van der Waals surface area contributed by atoms with Crippen molar-refractivity contribution in [3.63, 3.8) is 0 Å². The maximum atomic E-state index is 13.9. The zero-order valence-electron chi connectivity index (χ0n) is 12.8. The van der Waals surface area contributed by atoms with Crippen molar-refractivity contribution < 1.29 is 26.4 Å². The van der Waals surface area contributed by atoms with Crippen LogP contribution >= 0.6 is 0 Å². The molecule has 0 radical (unpaired) electrons. The second-order valence-electron chi connectivity index (χ2n) is 6.35. The highest BCUT2D eigenvalue weighted by molar-refractivity contribution is 5.98. The number of hydrogen-bond donors (Lipinski definition) is 0. The van der Waals surface area contributed by atoms with Crippen molar-refractivity contribution in [2.75, 3.05) is 0 Å². The van der Waals surface area contributed by atoms with E-state index in [9.17, 15) is 22.0 Å². The van der Waals surface area contributed by atoms with Crippen molar-refractivity contribution in [3.8, 4) is 0 Å². The Morgan fingerprint density at radius 1 is 0.909 bits per heavy atom. The van der Waals surface area contributed by atoms with Gasteiger partial charge in [0.15, 0.2) is 23.3 Å². The Bertz CT molecular complexity index is 547. The molecule has 0 heterocycles. The first-order valence-corrected chi connectivity index (χ1v) is 8.08. The average molecular weight is 338 g/mol. The van der Waals surface area contributed by atoms with Gasteiger partial charge < -0.3 is 4.43 Å². The Morgan fingerprint density at radius 2 is 1.41 bits per heavy atom. The quantitative estimate of drug-likeness (QED) is 0.353. The van der Waals surface area contributed by atoms with Crippen LogP contribution in [0.4, 0.5) is 22.0 Å². The number of rotatable bonds is 3. The van der Waals surface area contributed by atoms with Gasteiger partial charge in [-0.1, -0.05) is 6.42 Å². The highest BCUT2D eigenvalue weighted by Gasteiger charge is 2.38. The predicted molar refractivity (Wildman–Crippen MR) is 76.0 cm³/mol. The van der Waals surface area contributed by atoms with E-state index >= 15 is 0 Å². The van der Waals surface area contributed by atoms with Crippen LogP contribution in [0.5, 0.6) is 0 Å². The Balaban J connectivity index is 2.40. The van der Waals surface area contributed by atoms with Crippen LogP contribution in [0.25, 0.3) is 0 Å². The van der Waals surface area contributed by atoms with Crippen molar-refractivity contribution >= 4 is 10.5 Å². The summed E-state index contributed by atoms with van der Waals surface area (Å²) in [5.74, 6) is -9.89. The molecule has 1 aliphatic rings. The Kier molecular flexibility index (Phi) is 4.96. The van der Waals surface area contributed by atoms with E-state index in [1.54, 1.807) is 0 Å². The molecule has 2 unspecified atom stereocenters. The molecule has 0 amide bonds. The van der Waals surface area contributed by atoms with E-state index in [0.29, 0.717) is 29.7 Å². The van der Waals surface area contributed by atoms with Gasteiger partial charge in [0.2, 0.25) is 5.82 Å². The fraction of sp³-hybridized carbons (Fsp3) is 0.600. The summed E-state index contributed by atoms with van der Waals surface area (Å²) in [6.07, 6.45) is 2.25. The molecule has 22 heavy (non-hydrogen) atoms. The second-order valence-corrected chi connectivity index (χ2v) is 6.76.